The number of pyridine rings is 1. The van der Waals surface area contributed by atoms with Gasteiger partial charge in [-0.3, -0.25) is 15.0 Å². The minimum absolute atomic E-state index is 0.0287. The normalized spacial score (nSPS) is 27.0. The van der Waals surface area contributed by atoms with Crippen LogP contribution in [0.3, 0.4) is 0 Å². The number of nitrogens with zero attached hydrogens (tertiary/aromatic N) is 6. The Labute approximate surface area is 270 Å². The molecule has 4 atom stereocenters. The summed E-state index contributed by atoms with van der Waals surface area (Å²) in [5.41, 5.74) is 3.73. The van der Waals surface area contributed by atoms with E-state index in [1.54, 1.807) is 17.3 Å². The van der Waals surface area contributed by atoms with E-state index in [1.807, 2.05) is 13.0 Å². The number of alkyl halides is 1. The van der Waals surface area contributed by atoms with E-state index in [1.165, 1.54) is 0 Å². The van der Waals surface area contributed by atoms with Crippen LogP contribution in [0.5, 0.6) is 6.01 Å². The third-order valence-electron chi connectivity index (χ3n) is 11.2. The van der Waals surface area contributed by atoms with Crippen molar-refractivity contribution in [3.05, 3.63) is 35.4 Å². The summed E-state index contributed by atoms with van der Waals surface area (Å²) in [4.78, 5) is 31.3. The smallest absolute Gasteiger partial charge is 0.407 e. The molecule has 8 heterocycles. The highest BCUT2D eigenvalue weighted by molar-refractivity contribution is 6.00. The number of carbonyl (C=O) groups is 1. The second-order valence-corrected chi connectivity index (χ2v) is 14.1. The van der Waals surface area contributed by atoms with Crippen molar-refractivity contribution in [1.29, 1.82) is 0 Å². The standard InChI is InChI=1S/C34H38F2N8O3/c1-18-10-25-23(14-38-42-25)27-26(18)22-11-19(22)4-9-46-33(45)39-21-12-20(35)15-43(16-21)31-24-13-37-30(27)28(36)29(24)40-32(41-31)47-17-34-5-2-7-44(34)8-3-6-34/h10,13-14,19-22H,2-9,11-12,15-17H2,1H3,(H,38,42)(H,39,45). The average molecular weight is 645 g/mol. The highest BCUT2D eigenvalue weighted by Crippen LogP contribution is 2.54. The lowest BCUT2D eigenvalue weighted by Crippen LogP contribution is -2.52. The Morgan fingerprint density at radius 3 is 2.83 bits per heavy atom. The van der Waals surface area contributed by atoms with Crippen molar-refractivity contribution in [3.8, 4) is 17.3 Å². The summed E-state index contributed by atoms with van der Waals surface area (Å²) >= 11 is 0. The number of hydrogen-bond donors (Lipinski definition) is 2. The minimum Gasteiger partial charge on any atom is -0.461 e. The molecule has 4 unspecified atom stereocenters. The molecule has 2 N–H and O–H groups in total. The number of H-pyrrole nitrogens is 1. The first-order chi connectivity index (χ1) is 22.9. The molecular weight excluding hydrogens is 606 g/mol. The number of aromatic amines is 1. The van der Waals surface area contributed by atoms with Gasteiger partial charge >= 0.3 is 12.1 Å². The van der Waals surface area contributed by atoms with Gasteiger partial charge in [0.05, 0.1) is 41.8 Å². The third kappa shape index (κ3) is 4.87. The number of amides is 1. The second-order valence-electron chi connectivity index (χ2n) is 14.1. The number of hydrogen-bond acceptors (Lipinski definition) is 9. The van der Waals surface area contributed by atoms with Crippen molar-refractivity contribution in [1.82, 2.24) is 35.4 Å². The molecule has 246 valence electrons. The Balaban J connectivity index is 1.22. The first kappa shape index (κ1) is 29.0. The molecule has 3 saturated heterocycles. The van der Waals surface area contributed by atoms with E-state index in [2.05, 4.69) is 20.4 Å². The third-order valence-corrected chi connectivity index (χ3v) is 11.2. The number of carbonyl (C=O) groups excluding carboxylic acids is 1. The zero-order chi connectivity index (χ0) is 31.9. The van der Waals surface area contributed by atoms with Crippen LogP contribution in [0.1, 0.15) is 62.0 Å². The monoisotopic (exact) mass is 644 g/mol. The molecule has 4 aromatic rings. The molecule has 1 aromatic carbocycles. The molecule has 1 aliphatic carbocycles. The summed E-state index contributed by atoms with van der Waals surface area (Å²) in [6.45, 7) is 5.06. The summed E-state index contributed by atoms with van der Waals surface area (Å²) in [5, 5.41) is 11.3. The van der Waals surface area contributed by atoms with Crippen molar-refractivity contribution in [2.24, 2.45) is 5.92 Å². The fraction of sp³-hybridized carbons (Fsp3) is 0.559. The summed E-state index contributed by atoms with van der Waals surface area (Å²) < 4.78 is 44.4. The number of piperidine rings is 1. The first-order valence-corrected chi connectivity index (χ1v) is 16.9. The number of halogens is 2. The molecule has 1 amide bonds. The van der Waals surface area contributed by atoms with Crippen LogP contribution in [0.4, 0.5) is 19.4 Å². The Hall–Kier alpha value is -4.13. The van der Waals surface area contributed by atoms with Crippen molar-refractivity contribution in [3.63, 3.8) is 0 Å². The maximum absolute atomic E-state index is 17.2. The summed E-state index contributed by atoms with van der Waals surface area (Å²) in [6.07, 6.45) is 7.51. The van der Waals surface area contributed by atoms with Gasteiger partial charge in [-0.05, 0) is 87.6 Å². The van der Waals surface area contributed by atoms with Gasteiger partial charge in [0.2, 0.25) is 0 Å². The lowest BCUT2D eigenvalue weighted by molar-refractivity contribution is 0.107. The van der Waals surface area contributed by atoms with Crippen molar-refractivity contribution in [2.75, 3.05) is 44.3 Å². The molecule has 47 heavy (non-hydrogen) atoms. The number of nitrogens with one attached hydrogen (secondary N) is 2. The highest BCUT2D eigenvalue weighted by Gasteiger charge is 2.45. The van der Waals surface area contributed by atoms with Gasteiger partial charge in [-0.25, -0.2) is 13.6 Å². The van der Waals surface area contributed by atoms with Gasteiger partial charge in [-0.1, -0.05) is 0 Å². The van der Waals surface area contributed by atoms with E-state index in [0.29, 0.717) is 29.8 Å². The molecule has 10 rings (SSSR count). The zero-order valence-corrected chi connectivity index (χ0v) is 26.4. The molecule has 3 aromatic heterocycles. The second kappa shape index (κ2) is 11.0. The summed E-state index contributed by atoms with van der Waals surface area (Å²) in [5.74, 6) is 0.182. The number of anilines is 1. The van der Waals surface area contributed by atoms with Gasteiger partial charge in [0.15, 0.2) is 5.82 Å². The molecule has 1 saturated carbocycles. The molecule has 4 fully saturated rings. The Bertz CT molecular complexity index is 1890. The van der Waals surface area contributed by atoms with E-state index in [-0.39, 0.29) is 60.7 Å². The number of ether oxygens (including phenoxy) is 2. The van der Waals surface area contributed by atoms with Crippen LogP contribution in [0.15, 0.2) is 18.5 Å². The highest BCUT2D eigenvalue weighted by atomic mass is 19.1. The predicted octanol–water partition coefficient (Wildman–Crippen LogP) is 5.17. The molecule has 5 aliphatic heterocycles. The van der Waals surface area contributed by atoms with Gasteiger partial charge in [-0.2, -0.15) is 15.1 Å². The number of alkyl carbamates (subject to hydrolysis) is 1. The van der Waals surface area contributed by atoms with Gasteiger partial charge in [0, 0.05) is 30.1 Å². The molecule has 0 spiro atoms. The molecular formula is C34H38F2N8O3. The van der Waals surface area contributed by atoms with Gasteiger partial charge in [0.1, 0.15) is 29.8 Å². The van der Waals surface area contributed by atoms with Gasteiger partial charge in [0.25, 0.3) is 0 Å². The maximum atomic E-state index is 17.2. The number of rotatable bonds is 3. The number of aromatic nitrogens is 5. The maximum Gasteiger partial charge on any atom is 0.407 e. The Morgan fingerprint density at radius 1 is 1.13 bits per heavy atom. The lowest BCUT2D eigenvalue weighted by atomic mass is 9.91. The molecule has 13 heteroatoms. The lowest BCUT2D eigenvalue weighted by Gasteiger charge is -2.36. The fourth-order valence-corrected chi connectivity index (χ4v) is 8.88. The predicted molar refractivity (Wildman–Crippen MR) is 171 cm³/mol. The average Bonchev–Trinajstić information content (AvgIpc) is 3.33. The zero-order valence-electron chi connectivity index (χ0n) is 26.4. The molecule has 0 radical (unpaired) electrons. The van der Waals surface area contributed by atoms with Crippen LogP contribution in [-0.2, 0) is 4.74 Å². The van der Waals surface area contributed by atoms with E-state index < -0.39 is 24.1 Å². The topological polar surface area (TPSA) is 121 Å². The van der Waals surface area contributed by atoms with E-state index >= 15 is 8.78 Å². The van der Waals surface area contributed by atoms with Gasteiger partial charge in [-0.15, -0.1) is 0 Å². The Morgan fingerprint density at radius 2 is 1.98 bits per heavy atom. The molecule has 6 aliphatic rings. The van der Waals surface area contributed by atoms with Crippen LogP contribution < -0.4 is 15.0 Å². The van der Waals surface area contributed by atoms with Crippen molar-refractivity contribution < 1.29 is 23.0 Å². The number of fused-ring (bicyclic) bond motifs is 7. The van der Waals surface area contributed by atoms with Crippen LogP contribution in [0.2, 0.25) is 0 Å². The summed E-state index contributed by atoms with van der Waals surface area (Å²) in [7, 11) is 0. The largest absolute Gasteiger partial charge is 0.461 e. The van der Waals surface area contributed by atoms with Crippen molar-refractivity contribution >= 4 is 33.7 Å². The Kier molecular flexibility index (Phi) is 6.77. The first-order valence-electron chi connectivity index (χ1n) is 16.9. The van der Waals surface area contributed by atoms with E-state index in [4.69, 9.17) is 24.4 Å². The number of aryl methyl sites for hydroxylation is 1. The van der Waals surface area contributed by atoms with Crippen LogP contribution in [-0.4, -0.2) is 93.3 Å². The van der Waals surface area contributed by atoms with Crippen molar-refractivity contribution in [2.45, 2.75) is 75.5 Å². The van der Waals surface area contributed by atoms with E-state index in [9.17, 15) is 4.79 Å². The summed E-state index contributed by atoms with van der Waals surface area (Å²) in [6, 6.07) is 1.58. The quantitative estimate of drug-likeness (QED) is 0.311. The minimum atomic E-state index is -1.25. The molecule has 11 nitrogen and oxygen atoms in total. The van der Waals surface area contributed by atoms with E-state index in [0.717, 1.165) is 67.2 Å². The van der Waals surface area contributed by atoms with Crippen LogP contribution in [0.25, 0.3) is 33.1 Å². The SMILES string of the molecule is Cc1cc2[nH]ncc2c2c1C1CC1CCOC(=O)NC1CC(F)CN(C1)c1nc(OCC34CCCN3CCC4)nc3c(F)c-2ncc13. The van der Waals surface area contributed by atoms with Crippen LogP contribution >= 0.6 is 0 Å². The van der Waals surface area contributed by atoms with Crippen LogP contribution in [0, 0.1) is 18.7 Å². The van der Waals surface area contributed by atoms with Gasteiger partial charge < -0.3 is 19.7 Å². The number of benzene rings is 1. The molecule has 6 bridgehead atoms. The fourth-order valence-electron chi connectivity index (χ4n) is 8.88.